The molecule has 6 heteroatoms. The average Bonchev–Trinajstić information content (AvgIpc) is 2.38. The van der Waals surface area contributed by atoms with E-state index in [0.29, 0.717) is 17.9 Å². The minimum Gasteiger partial charge on any atom is -0.380 e. The van der Waals surface area contributed by atoms with Gasteiger partial charge in [-0.1, -0.05) is 6.07 Å². The summed E-state index contributed by atoms with van der Waals surface area (Å²) >= 11 is 0. The molecule has 0 saturated carbocycles. The zero-order chi connectivity index (χ0) is 16.0. The molecule has 0 amide bonds. The SMILES string of the molecule is CCNc1cccc(N(CC)C(C)CN(C)C)c1[N+](=O)[O-]. The van der Waals surface area contributed by atoms with Gasteiger partial charge in [-0.05, 0) is 47.0 Å². The van der Waals surface area contributed by atoms with E-state index in [-0.39, 0.29) is 16.7 Å². The Morgan fingerprint density at radius 1 is 1.33 bits per heavy atom. The molecule has 0 spiro atoms. The number of nitro groups is 1. The van der Waals surface area contributed by atoms with Crippen molar-refractivity contribution in [3.8, 4) is 0 Å². The molecule has 118 valence electrons. The van der Waals surface area contributed by atoms with Gasteiger partial charge in [-0.25, -0.2) is 0 Å². The number of benzene rings is 1. The second-order valence-electron chi connectivity index (χ2n) is 5.36. The van der Waals surface area contributed by atoms with Gasteiger partial charge in [0.2, 0.25) is 0 Å². The number of anilines is 2. The highest BCUT2D eigenvalue weighted by molar-refractivity contribution is 5.77. The van der Waals surface area contributed by atoms with Crippen LogP contribution in [0.25, 0.3) is 0 Å². The molecule has 0 aromatic heterocycles. The van der Waals surface area contributed by atoms with Gasteiger partial charge in [0.1, 0.15) is 11.4 Å². The molecule has 1 N–H and O–H groups in total. The second-order valence-corrected chi connectivity index (χ2v) is 5.36. The van der Waals surface area contributed by atoms with E-state index in [1.807, 2.05) is 40.1 Å². The summed E-state index contributed by atoms with van der Waals surface area (Å²) in [5.41, 5.74) is 1.41. The van der Waals surface area contributed by atoms with Crippen LogP contribution in [0.4, 0.5) is 17.1 Å². The Kier molecular flexibility index (Phi) is 6.42. The minimum atomic E-state index is -0.293. The third-order valence-electron chi connectivity index (χ3n) is 3.38. The standard InChI is InChI=1S/C15H26N4O2/c1-6-16-13-9-8-10-14(15(13)19(20)21)18(7-2)12(3)11-17(4)5/h8-10,12,16H,6-7,11H2,1-5H3. The lowest BCUT2D eigenvalue weighted by Gasteiger charge is -2.32. The Labute approximate surface area is 126 Å². The summed E-state index contributed by atoms with van der Waals surface area (Å²) in [4.78, 5) is 15.4. The lowest BCUT2D eigenvalue weighted by molar-refractivity contribution is -0.383. The van der Waals surface area contributed by atoms with Crippen LogP contribution in [-0.4, -0.2) is 49.6 Å². The van der Waals surface area contributed by atoms with E-state index in [2.05, 4.69) is 22.0 Å². The quantitative estimate of drug-likeness (QED) is 0.590. The zero-order valence-electron chi connectivity index (χ0n) is 13.6. The lowest BCUT2D eigenvalue weighted by atomic mass is 10.1. The Balaban J connectivity index is 3.25. The molecule has 1 unspecified atom stereocenters. The Morgan fingerprint density at radius 3 is 2.48 bits per heavy atom. The third-order valence-corrected chi connectivity index (χ3v) is 3.38. The number of rotatable bonds is 8. The summed E-state index contributed by atoms with van der Waals surface area (Å²) in [5, 5.41) is 14.6. The molecule has 0 aliphatic heterocycles. The Bertz CT molecular complexity index is 477. The minimum absolute atomic E-state index is 0.159. The summed E-state index contributed by atoms with van der Waals surface area (Å²) in [6, 6.07) is 5.65. The zero-order valence-corrected chi connectivity index (χ0v) is 13.6. The maximum absolute atomic E-state index is 11.5. The highest BCUT2D eigenvalue weighted by Crippen LogP contribution is 2.36. The molecule has 0 aliphatic rings. The van der Waals surface area contributed by atoms with E-state index in [1.165, 1.54) is 0 Å². The fraction of sp³-hybridized carbons (Fsp3) is 0.600. The molecule has 6 nitrogen and oxygen atoms in total. The van der Waals surface area contributed by atoms with Crippen molar-refractivity contribution < 1.29 is 4.92 Å². The molecule has 0 heterocycles. The van der Waals surface area contributed by atoms with Crippen molar-refractivity contribution in [1.29, 1.82) is 0 Å². The van der Waals surface area contributed by atoms with Gasteiger partial charge in [-0.2, -0.15) is 0 Å². The van der Waals surface area contributed by atoms with Gasteiger partial charge in [0.15, 0.2) is 0 Å². The van der Waals surface area contributed by atoms with Gasteiger partial charge in [0.05, 0.1) is 4.92 Å². The molecule has 21 heavy (non-hydrogen) atoms. The number of nitro benzene ring substituents is 1. The van der Waals surface area contributed by atoms with Gasteiger partial charge < -0.3 is 15.1 Å². The van der Waals surface area contributed by atoms with Crippen molar-refractivity contribution in [2.24, 2.45) is 0 Å². The smallest absolute Gasteiger partial charge is 0.315 e. The molecule has 1 rings (SSSR count). The molecule has 1 aromatic carbocycles. The number of nitrogens with one attached hydrogen (secondary N) is 1. The van der Waals surface area contributed by atoms with Crippen LogP contribution in [0.5, 0.6) is 0 Å². The first-order chi connectivity index (χ1) is 9.92. The maximum atomic E-state index is 11.5. The van der Waals surface area contributed by atoms with Crippen molar-refractivity contribution in [3.05, 3.63) is 28.3 Å². The number of para-hydroxylation sites is 1. The molecular formula is C15H26N4O2. The van der Waals surface area contributed by atoms with Crippen molar-refractivity contribution in [2.75, 3.05) is 43.9 Å². The van der Waals surface area contributed by atoms with Crippen LogP contribution in [0.1, 0.15) is 20.8 Å². The first-order valence-electron chi connectivity index (χ1n) is 7.34. The average molecular weight is 294 g/mol. The van der Waals surface area contributed by atoms with Gasteiger partial charge in [-0.15, -0.1) is 0 Å². The number of hydrogen-bond donors (Lipinski definition) is 1. The molecular weight excluding hydrogens is 268 g/mol. The fourth-order valence-corrected chi connectivity index (χ4v) is 2.63. The third kappa shape index (κ3) is 4.32. The van der Waals surface area contributed by atoms with Gasteiger partial charge in [-0.3, -0.25) is 10.1 Å². The van der Waals surface area contributed by atoms with E-state index < -0.39 is 0 Å². The van der Waals surface area contributed by atoms with Gasteiger partial charge >= 0.3 is 5.69 Å². The number of likely N-dealkylation sites (N-methyl/N-ethyl adjacent to an activating group) is 2. The normalized spacial score (nSPS) is 12.3. The van der Waals surface area contributed by atoms with E-state index >= 15 is 0 Å². The predicted octanol–water partition coefficient (Wildman–Crippen LogP) is 2.80. The van der Waals surface area contributed by atoms with E-state index in [1.54, 1.807) is 6.07 Å². The molecule has 0 saturated heterocycles. The summed E-state index contributed by atoms with van der Waals surface area (Å²) in [7, 11) is 4.02. The molecule has 0 radical (unpaired) electrons. The van der Waals surface area contributed by atoms with E-state index in [9.17, 15) is 10.1 Å². The highest BCUT2D eigenvalue weighted by Gasteiger charge is 2.25. The molecule has 1 aromatic rings. The van der Waals surface area contributed by atoms with Crippen LogP contribution in [-0.2, 0) is 0 Å². The maximum Gasteiger partial charge on any atom is 0.315 e. The van der Waals surface area contributed by atoms with E-state index in [4.69, 9.17) is 0 Å². The molecule has 0 bridgehead atoms. The summed E-state index contributed by atoms with van der Waals surface area (Å²) in [6.45, 7) is 8.27. The van der Waals surface area contributed by atoms with Crippen LogP contribution >= 0.6 is 0 Å². The first kappa shape index (κ1) is 17.2. The van der Waals surface area contributed by atoms with Gasteiger partial charge in [0, 0.05) is 25.7 Å². The van der Waals surface area contributed by atoms with Gasteiger partial charge in [0.25, 0.3) is 0 Å². The predicted molar refractivity (Wildman–Crippen MR) is 88.3 cm³/mol. The van der Waals surface area contributed by atoms with Crippen LogP contribution < -0.4 is 10.2 Å². The van der Waals surface area contributed by atoms with Crippen molar-refractivity contribution in [1.82, 2.24) is 4.90 Å². The monoisotopic (exact) mass is 294 g/mol. The second kappa shape index (κ2) is 7.83. The number of nitrogens with zero attached hydrogens (tertiary/aromatic N) is 3. The molecule has 0 fully saturated rings. The van der Waals surface area contributed by atoms with Crippen LogP contribution in [0.15, 0.2) is 18.2 Å². The number of hydrogen-bond acceptors (Lipinski definition) is 5. The van der Waals surface area contributed by atoms with E-state index in [0.717, 1.165) is 13.1 Å². The fourth-order valence-electron chi connectivity index (χ4n) is 2.63. The largest absolute Gasteiger partial charge is 0.380 e. The van der Waals surface area contributed by atoms with Crippen LogP contribution in [0.3, 0.4) is 0 Å². The van der Waals surface area contributed by atoms with Crippen LogP contribution in [0.2, 0.25) is 0 Å². The summed E-state index contributed by atoms with van der Waals surface area (Å²) in [5.74, 6) is 0. The highest BCUT2D eigenvalue weighted by atomic mass is 16.6. The topological polar surface area (TPSA) is 61.6 Å². The van der Waals surface area contributed by atoms with Crippen molar-refractivity contribution in [3.63, 3.8) is 0 Å². The summed E-state index contributed by atoms with van der Waals surface area (Å²) in [6.07, 6.45) is 0. The van der Waals surface area contributed by atoms with Crippen molar-refractivity contribution in [2.45, 2.75) is 26.8 Å². The van der Waals surface area contributed by atoms with Crippen LogP contribution in [0, 0.1) is 10.1 Å². The Morgan fingerprint density at radius 2 is 2.00 bits per heavy atom. The molecule has 0 aliphatic carbocycles. The summed E-state index contributed by atoms with van der Waals surface area (Å²) < 4.78 is 0. The lowest BCUT2D eigenvalue weighted by Crippen LogP contribution is -2.40. The van der Waals surface area contributed by atoms with Crippen molar-refractivity contribution >= 4 is 17.1 Å². The Hall–Kier alpha value is -1.82. The molecule has 1 atom stereocenters. The first-order valence-corrected chi connectivity index (χ1v) is 7.34.